The van der Waals surface area contributed by atoms with E-state index < -0.39 is 29.6 Å². The molecule has 1 aliphatic carbocycles. The number of rotatable bonds is 13. The van der Waals surface area contributed by atoms with E-state index in [2.05, 4.69) is 64.1 Å². The average Bonchev–Trinajstić information content (AvgIpc) is 3.78. The van der Waals surface area contributed by atoms with Crippen LogP contribution in [-0.4, -0.2) is 51.8 Å². The summed E-state index contributed by atoms with van der Waals surface area (Å²) < 4.78 is 7.56. The van der Waals surface area contributed by atoms with Gasteiger partial charge in [-0.15, -0.1) is 0 Å². The molecule has 1 atom stereocenters. The van der Waals surface area contributed by atoms with Gasteiger partial charge in [0.2, 0.25) is 5.91 Å². The molecule has 5 aromatic carbocycles. The molecule has 1 heterocycles. The van der Waals surface area contributed by atoms with Crippen molar-refractivity contribution in [3.05, 3.63) is 186 Å². The smallest absolute Gasteiger partial charge is 0.407 e. The van der Waals surface area contributed by atoms with Crippen molar-refractivity contribution in [1.82, 2.24) is 20.2 Å². The molecule has 6 aromatic rings. The maximum atomic E-state index is 12.9. The average molecular weight is 691 g/mol. The summed E-state index contributed by atoms with van der Waals surface area (Å²) in [7, 11) is 0. The van der Waals surface area contributed by atoms with Crippen molar-refractivity contribution >= 4 is 18.0 Å². The lowest BCUT2D eigenvalue weighted by Gasteiger charge is -2.37. The highest BCUT2D eigenvalue weighted by Gasteiger charge is 2.38. The minimum absolute atomic E-state index is 0.0166. The molecule has 9 heteroatoms. The molecule has 2 amide bonds. The second kappa shape index (κ2) is 15.2. The number of nitrogens with zero attached hydrogens (tertiary/aromatic N) is 2. The molecule has 7 rings (SSSR count). The number of carboxylic acid groups (broad SMARTS) is 1. The zero-order chi connectivity index (χ0) is 35.9. The van der Waals surface area contributed by atoms with Crippen molar-refractivity contribution in [1.29, 1.82) is 0 Å². The third kappa shape index (κ3) is 6.81. The van der Waals surface area contributed by atoms with Gasteiger partial charge < -0.3 is 25.0 Å². The number of nitrogens with one attached hydrogen (secondary N) is 2. The van der Waals surface area contributed by atoms with E-state index in [1.54, 1.807) is 6.33 Å². The van der Waals surface area contributed by atoms with Crippen molar-refractivity contribution in [2.24, 2.45) is 0 Å². The van der Waals surface area contributed by atoms with Gasteiger partial charge in [-0.05, 0) is 38.9 Å². The molecule has 0 saturated carbocycles. The van der Waals surface area contributed by atoms with Gasteiger partial charge in [-0.3, -0.25) is 4.79 Å². The van der Waals surface area contributed by atoms with Crippen LogP contribution < -0.4 is 10.6 Å². The van der Waals surface area contributed by atoms with Crippen LogP contribution in [0.5, 0.6) is 0 Å². The third-order valence-electron chi connectivity index (χ3n) is 9.61. The van der Waals surface area contributed by atoms with Crippen LogP contribution in [0.3, 0.4) is 0 Å². The monoisotopic (exact) mass is 690 g/mol. The molecule has 0 aliphatic heterocycles. The van der Waals surface area contributed by atoms with Crippen molar-refractivity contribution in [3.63, 3.8) is 0 Å². The summed E-state index contributed by atoms with van der Waals surface area (Å²) in [5.74, 6) is -1.79. The first-order valence-electron chi connectivity index (χ1n) is 17.3. The summed E-state index contributed by atoms with van der Waals surface area (Å²) in [6.07, 6.45) is 2.74. The Morgan fingerprint density at radius 1 is 0.731 bits per heavy atom. The highest BCUT2D eigenvalue weighted by Crippen LogP contribution is 2.44. The van der Waals surface area contributed by atoms with E-state index in [0.29, 0.717) is 5.69 Å². The van der Waals surface area contributed by atoms with Crippen LogP contribution in [0.25, 0.3) is 11.1 Å². The van der Waals surface area contributed by atoms with Crippen molar-refractivity contribution in [2.45, 2.75) is 30.3 Å². The first-order valence-corrected chi connectivity index (χ1v) is 17.3. The van der Waals surface area contributed by atoms with Crippen molar-refractivity contribution < 1.29 is 24.2 Å². The number of aromatic nitrogens is 2. The molecule has 9 nitrogen and oxygen atoms in total. The fourth-order valence-corrected chi connectivity index (χ4v) is 7.24. The van der Waals surface area contributed by atoms with Gasteiger partial charge in [0.05, 0.1) is 12.0 Å². The molecule has 0 spiro atoms. The Hall–Kier alpha value is -6.48. The van der Waals surface area contributed by atoms with E-state index >= 15 is 0 Å². The molecule has 0 radical (unpaired) electrons. The maximum absolute atomic E-state index is 12.9. The topological polar surface area (TPSA) is 123 Å². The van der Waals surface area contributed by atoms with Crippen LogP contribution in [0, 0.1) is 0 Å². The zero-order valence-corrected chi connectivity index (χ0v) is 28.4. The zero-order valence-electron chi connectivity index (χ0n) is 28.4. The van der Waals surface area contributed by atoms with Gasteiger partial charge >= 0.3 is 12.1 Å². The largest absolute Gasteiger partial charge is 0.480 e. The van der Waals surface area contributed by atoms with E-state index in [-0.39, 0.29) is 31.9 Å². The molecule has 1 aliphatic rings. The lowest BCUT2D eigenvalue weighted by atomic mass is 9.77. The number of carboxylic acids is 1. The van der Waals surface area contributed by atoms with E-state index in [0.717, 1.165) is 38.9 Å². The summed E-state index contributed by atoms with van der Waals surface area (Å²) in [6, 6.07) is 45.2. The minimum Gasteiger partial charge on any atom is -0.480 e. The highest BCUT2D eigenvalue weighted by atomic mass is 16.5. The Labute approximate surface area is 301 Å². The van der Waals surface area contributed by atoms with Crippen LogP contribution in [0.15, 0.2) is 152 Å². The minimum atomic E-state index is -1.23. The van der Waals surface area contributed by atoms with Gasteiger partial charge in [0.1, 0.15) is 18.2 Å². The number of carbonyl (C=O) groups is 3. The van der Waals surface area contributed by atoms with Gasteiger partial charge in [0.25, 0.3) is 0 Å². The summed E-state index contributed by atoms with van der Waals surface area (Å²) in [6.45, 7) is 0.136. The Bertz CT molecular complexity index is 2030. The number of fused-ring (bicyclic) bond motifs is 3. The summed E-state index contributed by atoms with van der Waals surface area (Å²) in [5, 5.41) is 15.3. The molecule has 0 unspecified atom stereocenters. The number of benzene rings is 5. The second-order valence-electron chi connectivity index (χ2n) is 12.7. The van der Waals surface area contributed by atoms with Crippen molar-refractivity contribution in [3.8, 4) is 11.1 Å². The van der Waals surface area contributed by atoms with Crippen LogP contribution in [0.2, 0.25) is 0 Å². The molecule has 52 heavy (non-hydrogen) atoms. The molecule has 3 N–H and O–H groups in total. The summed E-state index contributed by atoms with van der Waals surface area (Å²) in [5.41, 5.74) is 7.17. The van der Waals surface area contributed by atoms with E-state index in [1.165, 1.54) is 0 Å². The first-order chi connectivity index (χ1) is 25.4. The maximum Gasteiger partial charge on any atom is 0.407 e. The van der Waals surface area contributed by atoms with Crippen LogP contribution in [-0.2, 0) is 26.3 Å². The van der Waals surface area contributed by atoms with Gasteiger partial charge in [0, 0.05) is 31.5 Å². The van der Waals surface area contributed by atoms with E-state index in [4.69, 9.17) is 4.74 Å². The predicted molar refractivity (Wildman–Crippen MR) is 198 cm³/mol. The highest BCUT2D eigenvalue weighted by molar-refractivity contribution is 5.84. The van der Waals surface area contributed by atoms with E-state index in [1.807, 2.05) is 102 Å². The normalized spacial score (nSPS) is 12.7. The number of amides is 2. The number of imidazole rings is 1. The van der Waals surface area contributed by atoms with E-state index in [9.17, 15) is 19.5 Å². The first kappa shape index (κ1) is 34.0. The molecule has 0 bridgehead atoms. The number of hydrogen-bond donors (Lipinski definition) is 3. The molecule has 0 saturated heterocycles. The van der Waals surface area contributed by atoms with Crippen molar-refractivity contribution in [2.75, 3.05) is 13.2 Å². The number of hydrogen-bond acceptors (Lipinski definition) is 5. The Morgan fingerprint density at radius 2 is 1.23 bits per heavy atom. The molecule has 260 valence electrons. The molecule has 0 fully saturated rings. The molecular formula is C43H38N4O5. The lowest BCUT2D eigenvalue weighted by Crippen LogP contribution is -2.43. The molecular weight excluding hydrogens is 652 g/mol. The number of aliphatic carboxylic acids is 1. The fraction of sp³-hybridized carbons (Fsp3) is 0.163. The number of ether oxygens (including phenoxy) is 1. The van der Waals surface area contributed by atoms with Crippen LogP contribution in [0.1, 0.15) is 45.8 Å². The second-order valence-corrected chi connectivity index (χ2v) is 12.7. The quantitative estimate of drug-likeness (QED) is 0.115. The summed E-state index contributed by atoms with van der Waals surface area (Å²) >= 11 is 0. The molecule has 1 aromatic heterocycles. The Kier molecular flexibility index (Phi) is 9.93. The SMILES string of the molecule is O=C(CCNC(=O)OCC1c2ccccc2-c2ccccc21)N[C@@H](Cc1cn(C(c2ccccc2)(c2ccccc2)c2ccccc2)cn1)C(=O)O. The summed E-state index contributed by atoms with van der Waals surface area (Å²) in [4.78, 5) is 42.5. The van der Waals surface area contributed by atoms with Gasteiger partial charge in [-0.1, -0.05) is 140 Å². The van der Waals surface area contributed by atoms with Crippen LogP contribution >= 0.6 is 0 Å². The number of carbonyl (C=O) groups excluding carboxylic acids is 2. The van der Waals surface area contributed by atoms with Gasteiger partial charge in [0.15, 0.2) is 0 Å². The standard InChI is InChI=1S/C43H38N4O5/c48-40(24-25-44-42(51)52-28-38-36-22-12-10-20-34(36)35-21-11-13-23-37(35)38)46-39(41(49)50)26-33-27-47(29-45-33)43(30-14-4-1-5-15-30,31-16-6-2-7-17-31)32-18-8-3-9-19-32/h1-23,27,29,38-39H,24-26,28H2,(H,44,51)(H,46,48)(H,49,50)/t39-/m0/s1. The predicted octanol–water partition coefficient (Wildman–Crippen LogP) is 6.76. The fourth-order valence-electron chi connectivity index (χ4n) is 7.24. The van der Waals surface area contributed by atoms with Gasteiger partial charge in [-0.25, -0.2) is 14.6 Å². The Morgan fingerprint density at radius 3 is 1.75 bits per heavy atom. The third-order valence-corrected chi connectivity index (χ3v) is 9.61. The van der Waals surface area contributed by atoms with Gasteiger partial charge in [-0.2, -0.15) is 0 Å². The number of alkyl carbamates (subject to hydrolysis) is 1. The lowest BCUT2D eigenvalue weighted by molar-refractivity contribution is -0.141. The Balaban J connectivity index is 0.998. The van der Waals surface area contributed by atoms with Crippen LogP contribution in [0.4, 0.5) is 4.79 Å².